The number of aromatic nitrogens is 4. The largest absolute Gasteiger partial charge is 0.356 e. The summed E-state index contributed by atoms with van der Waals surface area (Å²) in [6, 6.07) is -0.259. The Balaban J connectivity index is 1.32. The van der Waals surface area contributed by atoms with E-state index in [9.17, 15) is 4.79 Å². The molecule has 0 spiro atoms. The monoisotopic (exact) mass is 362 g/mol. The van der Waals surface area contributed by atoms with Crippen molar-refractivity contribution in [3.63, 3.8) is 0 Å². The van der Waals surface area contributed by atoms with Crippen LogP contribution in [-0.4, -0.2) is 63.7 Å². The Morgan fingerprint density at radius 2 is 2.00 bits per heavy atom. The molecule has 5 rings (SSSR count). The van der Waals surface area contributed by atoms with Crippen molar-refractivity contribution in [1.82, 2.24) is 36.6 Å². The van der Waals surface area contributed by atoms with Gasteiger partial charge in [-0.2, -0.15) is 5.21 Å². The van der Waals surface area contributed by atoms with Crippen molar-refractivity contribution >= 4 is 5.78 Å². The number of Topliss-reactive ketones (excluding diaryl/α,β-unsaturated/α-hetero) is 1. The molecule has 10 heteroatoms. The van der Waals surface area contributed by atoms with Gasteiger partial charge in [0.15, 0.2) is 11.6 Å². The molecule has 6 N–H and O–H groups in total. The zero-order chi connectivity index (χ0) is 17.7. The van der Waals surface area contributed by atoms with E-state index in [0.717, 1.165) is 0 Å². The summed E-state index contributed by atoms with van der Waals surface area (Å²) in [4.78, 5) is 13.3. The van der Waals surface area contributed by atoms with Crippen LogP contribution in [0.25, 0.3) is 0 Å². The van der Waals surface area contributed by atoms with Crippen molar-refractivity contribution < 1.29 is 9.53 Å². The fourth-order valence-corrected chi connectivity index (χ4v) is 5.08. The number of nitrogens with zero attached hydrogens (tertiary/aromatic N) is 3. The highest BCUT2D eigenvalue weighted by molar-refractivity contribution is 5.88. The van der Waals surface area contributed by atoms with Gasteiger partial charge in [0.1, 0.15) is 6.23 Å². The van der Waals surface area contributed by atoms with Crippen LogP contribution in [0.15, 0.2) is 0 Å². The zero-order valence-corrected chi connectivity index (χ0v) is 14.6. The first-order valence-electron chi connectivity index (χ1n) is 9.64. The predicted octanol–water partition coefficient (Wildman–Crippen LogP) is -1.45. The molecule has 0 bridgehead atoms. The Bertz CT molecular complexity index is 649. The fraction of sp³-hybridized carbons (Fsp3) is 0.875. The van der Waals surface area contributed by atoms with E-state index >= 15 is 0 Å². The lowest BCUT2D eigenvalue weighted by atomic mass is 9.78. The average Bonchev–Trinajstić information content (AvgIpc) is 3.35. The van der Waals surface area contributed by atoms with Gasteiger partial charge in [0, 0.05) is 6.54 Å². The molecule has 142 valence electrons. The Kier molecular flexibility index (Phi) is 4.24. The van der Waals surface area contributed by atoms with E-state index in [1.807, 2.05) is 0 Å². The molecule has 7 atom stereocenters. The van der Waals surface area contributed by atoms with E-state index in [-0.39, 0.29) is 48.3 Å². The standard InChI is InChI=1S/C16H26N8O2/c17-13-9(15-21-23-24-22-15)5-8-12(25)11-10(26-16(8)20-13)6-18-14(19-11)7-3-1-2-4-7/h7-11,13-14,16,18-20H,1-6,17H2,(H,21,22,23,24). The number of carbonyl (C=O) groups is 1. The van der Waals surface area contributed by atoms with Crippen LogP contribution >= 0.6 is 0 Å². The second-order valence-corrected chi connectivity index (χ2v) is 7.98. The van der Waals surface area contributed by atoms with E-state index in [1.54, 1.807) is 0 Å². The number of carbonyl (C=O) groups excluding carboxylic acids is 1. The molecule has 4 heterocycles. The number of hydrogen-bond acceptors (Lipinski definition) is 9. The number of piperidine rings is 1. The van der Waals surface area contributed by atoms with Gasteiger partial charge in [-0.25, -0.2) is 0 Å². The first kappa shape index (κ1) is 16.7. The van der Waals surface area contributed by atoms with Crippen molar-refractivity contribution in [3.05, 3.63) is 5.82 Å². The summed E-state index contributed by atoms with van der Waals surface area (Å²) in [7, 11) is 0. The quantitative estimate of drug-likeness (QED) is 0.427. The minimum Gasteiger partial charge on any atom is -0.356 e. The first-order chi connectivity index (χ1) is 12.7. The number of nitrogens with two attached hydrogens (primary N) is 1. The van der Waals surface area contributed by atoms with E-state index in [0.29, 0.717) is 24.7 Å². The molecule has 10 nitrogen and oxygen atoms in total. The predicted molar refractivity (Wildman–Crippen MR) is 90.5 cm³/mol. The Hall–Kier alpha value is -1.46. The van der Waals surface area contributed by atoms with Crippen molar-refractivity contribution in [2.45, 2.75) is 68.7 Å². The minimum atomic E-state index is -0.367. The van der Waals surface area contributed by atoms with Gasteiger partial charge in [0.25, 0.3) is 0 Å². The molecule has 1 aliphatic carbocycles. The highest BCUT2D eigenvalue weighted by Gasteiger charge is 2.52. The second-order valence-electron chi connectivity index (χ2n) is 7.98. The van der Waals surface area contributed by atoms with E-state index in [2.05, 4.69) is 36.6 Å². The molecular formula is C16H26N8O2. The third kappa shape index (κ3) is 2.76. The molecule has 26 heavy (non-hydrogen) atoms. The van der Waals surface area contributed by atoms with Gasteiger partial charge in [0.05, 0.1) is 36.3 Å². The molecule has 4 aliphatic rings. The van der Waals surface area contributed by atoms with Crippen molar-refractivity contribution in [1.29, 1.82) is 0 Å². The van der Waals surface area contributed by atoms with Crippen molar-refractivity contribution in [2.75, 3.05) is 6.54 Å². The topological polar surface area (TPSA) is 143 Å². The smallest absolute Gasteiger partial charge is 0.180 e. The molecule has 0 radical (unpaired) electrons. The van der Waals surface area contributed by atoms with Crippen LogP contribution in [-0.2, 0) is 9.53 Å². The Labute approximate surface area is 151 Å². The molecule has 3 saturated heterocycles. The summed E-state index contributed by atoms with van der Waals surface area (Å²) in [5, 5.41) is 24.5. The summed E-state index contributed by atoms with van der Waals surface area (Å²) in [6.45, 7) is 0.693. The normalized spacial score (nSPS) is 43.9. The summed E-state index contributed by atoms with van der Waals surface area (Å²) in [5.41, 5.74) is 6.24. The third-order valence-corrected chi connectivity index (χ3v) is 6.49. The van der Waals surface area contributed by atoms with Crippen LogP contribution < -0.4 is 21.7 Å². The van der Waals surface area contributed by atoms with Gasteiger partial charge in [-0.3, -0.25) is 20.7 Å². The van der Waals surface area contributed by atoms with Gasteiger partial charge < -0.3 is 10.5 Å². The number of fused-ring (bicyclic) bond motifs is 2. The SMILES string of the molecule is NC1NC2OC3CNC(C4CCCC4)NC3C(=O)C2CC1c1nn[nH]n1. The number of nitrogens with one attached hydrogen (secondary N) is 4. The Morgan fingerprint density at radius 1 is 1.15 bits per heavy atom. The van der Waals surface area contributed by atoms with Crippen LogP contribution in [0.2, 0.25) is 0 Å². The van der Waals surface area contributed by atoms with Crippen LogP contribution in [0, 0.1) is 11.8 Å². The van der Waals surface area contributed by atoms with E-state index in [4.69, 9.17) is 10.5 Å². The summed E-state index contributed by atoms with van der Waals surface area (Å²) in [6.07, 6.45) is 4.90. The van der Waals surface area contributed by atoms with Crippen LogP contribution in [0.4, 0.5) is 0 Å². The first-order valence-corrected chi connectivity index (χ1v) is 9.64. The molecule has 0 amide bonds. The second kappa shape index (κ2) is 6.61. The van der Waals surface area contributed by atoms with Gasteiger partial charge in [0.2, 0.25) is 0 Å². The molecule has 4 fully saturated rings. The van der Waals surface area contributed by atoms with Gasteiger partial charge in [-0.1, -0.05) is 18.1 Å². The highest BCUT2D eigenvalue weighted by atomic mass is 16.5. The highest BCUT2D eigenvalue weighted by Crippen LogP contribution is 2.36. The van der Waals surface area contributed by atoms with Crippen molar-refractivity contribution in [3.8, 4) is 0 Å². The van der Waals surface area contributed by atoms with Gasteiger partial charge in [-0.15, -0.1) is 10.2 Å². The summed E-state index contributed by atoms with van der Waals surface area (Å²) < 4.78 is 6.21. The van der Waals surface area contributed by atoms with E-state index in [1.165, 1.54) is 25.7 Å². The number of aromatic amines is 1. The van der Waals surface area contributed by atoms with Crippen LogP contribution in [0.3, 0.4) is 0 Å². The van der Waals surface area contributed by atoms with Gasteiger partial charge >= 0.3 is 0 Å². The number of ether oxygens (including phenoxy) is 1. The number of tetrazole rings is 1. The molecule has 7 unspecified atom stereocenters. The molecular weight excluding hydrogens is 336 g/mol. The number of hydrogen-bond donors (Lipinski definition) is 5. The maximum atomic E-state index is 13.3. The molecule has 1 aromatic rings. The molecule has 1 aromatic heterocycles. The number of H-pyrrole nitrogens is 1. The fourth-order valence-electron chi connectivity index (χ4n) is 5.08. The minimum absolute atomic E-state index is 0.161. The summed E-state index contributed by atoms with van der Waals surface area (Å²) >= 11 is 0. The lowest BCUT2D eigenvalue weighted by Gasteiger charge is -2.50. The molecule has 1 saturated carbocycles. The maximum absolute atomic E-state index is 13.3. The maximum Gasteiger partial charge on any atom is 0.180 e. The lowest BCUT2D eigenvalue weighted by molar-refractivity contribution is -0.169. The number of rotatable bonds is 2. The molecule has 3 aliphatic heterocycles. The lowest BCUT2D eigenvalue weighted by Crippen LogP contribution is -2.73. The molecule has 0 aromatic carbocycles. The van der Waals surface area contributed by atoms with Crippen LogP contribution in [0.5, 0.6) is 0 Å². The third-order valence-electron chi connectivity index (χ3n) is 6.49. The zero-order valence-electron chi connectivity index (χ0n) is 14.6. The average molecular weight is 362 g/mol. The van der Waals surface area contributed by atoms with Gasteiger partial charge in [-0.05, 0) is 25.2 Å². The summed E-state index contributed by atoms with van der Waals surface area (Å²) in [5.74, 6) is 0.941. The van der Waals surface area contributed by atoms with Crippen LogP contribution in [0.1, 0.15) is 43.8 Å². The van der Waals surface area contributed by atoms with E-state index < -0.39 is 0 Å². The number of ketones is 1. The van der Waals surface area contributed by atoms with Crippen molar-refractivity contribution in [2.24, 2.45) is 17.6 Å². The Morgan fingerprint density at radius 3 is 2.77 bits per heavy atom.